The summed E-state index contributed by atoms with van der Waals surface area (Å²) in [6.07, 6.45) is 1.74. The van der Waals surface area contributed by atoms with Crippen LogP contribution < -0.4 is 4.74 Å². The van der Waals surface area contributed by atoms with Crippen LogP contribution in [0.15, 0.2) is 46.9 Å². The molecule has 0 bridgehead atoms. The predicted molar refractivity (Wildman–Crippen MR) is 87.6 cm³/mol. The molecule has 2 rings (SSSR count). The van der Waals surface area contributed by atoms with Gasteiger partial charge in [-0.1, -0.05) is 18.2 Å². The zero-order valence-electron chi connectivity index (χ0n) is 11.7. The normalized spacial score (nSPS) is 10.9. The third kappa shape index (κ3) is 3.54. The first-order valence-corrected chi connectivity index (χ1v) is 7.13. The van der Waals surface area contributed by atoms with Gasteiger partial charge in [-0.3, -0.25) is 0 Å². The van der Waals surface area contributed by atoms with Crippen molar-refractivity contribution in [2.75, 3.05) is 7.11 Å². The summed E-state index contributed by atoms with van der Waals surface area (Å²) in [5.41, 5.74) is 2.15. The number of aromatic carboxylic acids is 1. The predicted octanol–water partition coefficient (Wildman–Crippen LogP) is 4.22. The second-order valence-corrected chi connectivity index (χ2v) is 5.30. The standard InChI is InChI=1S/C17H12BrNO3/c1-22-16-7-2-11(9-15(16)18)8-14(10-19)12-3-5-13(6-4-12)17(20)21/h2-9H,1H3,(H,20,21)/b14-8-. The topological polar surface area (TPSA) is 70.3 Å². The number of hydrogen-bond donors (Lipinski definition) is 1. The molecular weight excluding hydrogens is 346 g/mol. The van der Waals surface area contributed by atoms with E-state index in [1.54, 1.807) is 31.4 Å². The number of ether oxygens (including phenoxy) is 1. The number of halogens is 1. The Balaban J connectivity index is 2.37. The summed E-state index contributed by atoms with van der Waals surface area (Å²) in [7, 11) is 1.58. The van der Waals surface area contributed by atoms with Crippen LogP contribution >= 0.6 is 15.9 Å². The summed E-state index contributed by atoms with van der Waals surface area (Å²) in [6.45, 7) is 0. The van der Waals surface area contributed by atoms with Crippen molar-refractivity contribution < 1.29 is 14.6 Å². The van der Waals surface area contributed by atoms with E-state index in [1.165, 1.54) is 12.1 Å². The van der Waals surface area contributed by atoms with Crippen LogP contribution in [0, 0.1) is 11.3 Å². The van der Waals surface area contributed by atoms with Gasteiger partial charge in [0.25, 0.3) is 0 Å². The summed E-state index contributed by atoms with van der Waals surface area (Å²) in [6, 6.07) is 13.8. The fraction of sp³-hybridized carbons (Fsp3) is 0.0588. The van der Waals surface area contributed by atoms with Gasteiger partial charge in [0.05, 0.1) is 28.8 Å². The Bertz CT molecular complexity index is 773. The summed E-state index contributed by atoms with van der Waals surface area (Å²) in [5, 5.41) is 18.2. The summed E-state index contributed by atoms with van der Waals surface area (Å²) < 4.78 is 5.96. The van der Waals surface area contributed by atoms with E-state index < -0.39 is 5.97 Å². The van der Waals surface area contributed by atoms with Crippen LogP contribution in [-0.2, 0) is 0 Å². The van der Waals surface area contributed by atoms with E-state index >= 15 is 0 Å². The maximum Gasteiger partial charge on any atom is 0.335 e. The van der Waals surface area contributed by atoms with Crippen LogP contribution in [-0.4, -0.2) is 18.2 Å². The molecule has 0 saturated heterocycles. The third-order valence-electron chi connectivity index (χ3n) is 3.05. The number of rotatable bonds is 4. The van der Waals surface area contributed by atoms with Crippen LogP contribution in [0.25, 0.3) is 11.6 Å². The van der Waals surface area contributed by atoms with E-state index in [0.717, 1.165) is 10.0 Å². The first-order valence-electron chi connectivity index (χ1n) is 6.34. The van der Waals surface area contributed by atoms with Crippen molar-refractivity contribution >= 4 is 33.5 Å². The molecule has 0 spiro atoms. The van der Waals surface area contributed by atoms with Gasteiger partial charge in [0.15, 0.2) is 0 Å². The molecule has 0 saturated carbocycles. The Hall–Kier alpha value is -2.58. The lowest BCUT2D eigenvalue weighted by atomic mass is 10.0. The molecule has 0 amide bonds. The number of nitriles is 1. The third-order valence-corrected chi connectivity index (χ3v) is 3.67. The number of carbonyl (C=O) groups is 1. The number of allylic oxidation sites excluding steroid dienone is 1. The van der Waals surface area contributed by atoms with Gasteiger partial charge in [0, 0.05) is 0 Å². The van der Waals surface area contributed by atoms with Gasteiger partial charge >= 0.3 is 5.97 Å². The molecular formula is C17H12BrNO3. The molecule has 0 fully saturated rings. The second-order valence-electron chi connectivity index (χ2n) is 4.45. The van der Waals surface area contributed by atoms with E-state index in [2.05, 4.69) is 22.0 Å². The van der Waals surface area contributed by atoms with Crippen LogP contribution in [0.5, 0.6) is 5.75 Å². The fourth-order valence-corrected chi connectivity index (χ4v) is 2.47. The Labute approximate surface area is 136 Å². The van der Waals surface area contributed by atoms with Crippen molar-refractivity contribution in [2.24, 2.45) is 0 Å². The highest BCUT2D eigenvalue weighted by Gasteiger charge is 2.06. The monoisotopic (exact) mass is 357 g/mol. The van der Waals surface area contributed by atoms with Crippen LogP contribution in [0.4, 0.5) is 0 Å². The van der Waals surface area contributed by atoms with Crippen LogP contribution in [0.1, 0.15) is 21.5 Å². The lowest BCUT2D eigenvalue weighted by Gasteiger charge is -2.05. The molecule has 0 radical (unpaired) electrons. The fourth-order valence-electron chi connectivity index (χ4n) is 1.91. The summed E-state index contributed by atoms with van der Waals surface area (Å²) >= 11 is 3.40. The van der Waals surface area contributed by atoms with Crippen molar-refractivity contribution in [3.63, 3.8) is 0 Å². The highest BCUT2D eigenvalue weighted by Crippen LogP contribution is 2.27. The first kappa shape index (κ1) is 15.8. The van der Waals surface area contributed by atoms with Crippen molar-refractivity contribution in [3.8, 4) is 11.8 Å². The Morgan fingerprint density at radius 2 is 1.86 bits per heavy atom. The van der Waals surface area contributed by atoms with E-state index in [0.29, 0.717) is 16.9 Å². The number of nitrogens with zero attached hydrogens (tertiary/aromatic N) is 1. The molecule has 0 aliphatic rings. The SMILES string of the molecule is COc1ccc(/C=C(/C#N)c2ccc(C(=O)O)cc2)cc1Br. The van der Waals surface area contributed by atoms with E-state index in [1.807, 2.05) is 12.1 Å². The highest BCUT2D eigenvalue weighted by molar-refractivity contribution is 9.10. The van der Waals surface area contributed by atoms with Gasteiger partial charge < -0.3 is 9.84 Å². The molecule has 0 heterocycles. The molecule has 0 aliphatic carbocycles. The summed E-state index contributed by atoms with van der Waals surface area (Å²) in [4.78, 5) is 10.8. The number of hydrogen-bond acceptors (Lipinski definition) is 3. The zero-order chi connectivity index (χ0) is 16.1. The lowest BCUT2D eigenvalue weighted by Crippen LogP contribution is -1.95. The van der Waals surface area contributed by atoms with Crippen molar-refractivity contribution in [1.29, 1.82) is 5.26 Å². The molecule has 2 aromatic carbocycles. The molecule has 0 atom stereocenters. The minimum absolute atomic E-state index is 0.188. The average molecular weight is 358 g/mol. The molecule has 1 N–H and O–H groups in total. The van der Waals surface area contributed by atoms with E-state index in [9.17, 15) is 10.1 Å². The summed E-state index contributed by atoms with van der Waals surface area (Å²) in [5.74, 6) is -0.283. The van der Waals surface area contributed by atoms with Crippen molar-refractivity contribution in [2.45, 2.75) is 0 Å². The van der Waals surface area contributed by atoms with E-state index in [-0.39, 0.29) is 5.56 Å². The maximum atomic E-state index is 10.8. The van der Waals surface area contributed by atoms with Gasteiger partial charge in [-0.15, -0.1) is 0 Å². The zero-order valence-corrected chi connectivity index (χ0v) is 13.3. The molecule has 110 valence electrons. The van der Waals surface area contributed by atoms with Crippen molar-refractivity contribution in [3.05, 3.63) is 63.6 Å². The second kappa shape index (κ2) is 6.92. The first-order chi connectivity index (χ1) is 10.5. The number of carboxylic acid groups (broad SMARTS) is 1. The maximum absolute atomic E-state index is 10.8. The quantitative estimate of drug-likeness (QED) is 0.656. The Kier molecular flexibility index (Phi) is 4.97. The van der Waals surface area contributed by atoms with Crippen molar-refractivity contribution in [1.82, 2.24) is 0 Å². The number of carboxylic acids is 1. The smallest absolute Gasteiger partial charge is 0.335 e. The number of benzene rings is 2. The van der Waals surface area contributed by atoms with Crippen LogP contribution in [0.2, 0.25) is 0 Å². The largest absolute Gasteiger partial charge is 0.496 e. The Morgan fingerprint density at radius 3 is 2.36 bits per heavy atom. The molecule has 0 unspecified atom stereocenters. The molecule has 5 heteroatoms. The number of methoxy groups -OCH3 is 1. The minimum Gasteiger partial charge on any atom is -0.496 e. The minimum atomic E-state index is -0.992. The Morgan fingerprint density at radius 1 is 1.23 bits per heavy atom. The van der Waals surface area contributed by atoms with Gasteiger partial charge in [-0.2, -0.15) is 5.26 Å². The average Bonchev–Trinajstić information content (AvgIpc) is 2.53. The van der Waals surface area contributed by atoms with Crippen LogP contribution in [0.3, 0.4) is 0 Å². The van der Waals surface area contributed by atoms with Gasteiger partial charge in [0.1, 0.15) is 5.75 Å². The van der Waals surface area contributed by atoms with E-state index in [4.69, 9.17) is 9.84 Å². The highest BCUT2D eigenvalue weighted by atomic mass is 79.9. The van der Waals surface area contributed by atoms with Gasteiger partial charge in [0.2, 0.25) is 0 Å². The van der Waals surface area contributed by atoms with Gasteiger partial charge in [-0.25, -0.2) is 4.79 Å². The molecule has 0 aromatic heterocycles. The van der Waals surface area contributed by atoms with Gasteiger partial charge in [-0.05, 0) is 57.4 Å². The lowest BCUT2D eigenvalue weighted by molar-refractivity contribution is 0.0697. The molecule has 4 nitrogen and oxygen atoms in total. The molecule has 0 aliphatic heterocycles. The molecule has 22 heavy (non-hydrogen) atoms. The molecule has 2 aromatic rings.